The molecule has 0 N–H and O–H groups in total. The summed E-state index contributed by atoms with van der Waals surface area (Å²) in [7, 11) is 0. The Kier molecular flexibility index (Phi) is 9.99. The molecule has 0 amide bonds. The maximum Gasteiger partial charge on any atom is 0.426 e. The highest BCUT2D eigenvalue weighted by molar-refractivity contribution is 5.27. The van der Waals surface area contributed by atoms with Crippen LogP contribution in [0.3, 0.4) is 0 Å². The van der Waals surface area contributed by atoms with E-state index in [1.165, 1.54) is 18.6 Å². The van der Waals surface area contributed by atoms with Crippen LogP contribution in [0.5, 0.6) is 0 Å². The molecular formula is C21H29F7O4. The zero-order chi connectivity index (χ0) is 23.8. The van der Waals surface area contributed by atoms with Gasteiger partial charge in [-0.25, -0.2) is 4.39 Å². The van der Waals surface area contributed by atoms with Gasteiger partial charge in [0.05, 0.1) is 19.3 Å². The van der Waals surface area contributed by atoms with Crippen molar-refractivity contribution < 1.29 is 49.7 Å². The fraction of sp³-hybridized carbons (Fsp3) is 0.810. The molecule has 1 unspecified atom stereocenters. The average molecular weight is 478 g/mol. The van der Waals surface area contributed by atoms with Crippen molar-refractivity contribution in [2.24, 2.45) is 0 Å². The molecule has 1 aliphatic carbocycles. The second kappa shape index (κ2) is 11.8. The molecule has 1 aliphatic heterocycles. The van der Waals surface area contributed by atoms with E-state index in [2.05, 4.69) is 11.7 Å². The lowest BCUT2D eigenvalue weighted by atomic mass is 10.0. The van der Waals surface area contributed by atoms with Gasteiger partial charge in [0.1, 0.15) is 6.10 Å². The standard InChI is InChI=1S/C21H29F7O4/c1-2-3-4-5-6-11-29-17-12-30-18(31-13-17)15-7-9-16(10-8-15)32-21(27,28)20(25,26)19(23,24)14-22/h7-9,16-18H,2-6,10-14H2,1H3. The number of ether oxygens (including phenoxy) is 4. The van der Waals surface area contributed by atoms with Crippen LogP contribution in [0.15, 0.2) is 23.8 Å². The molecule has 2 rings (SSSR count). The van der Waals surface area contributed by atoms with Gasteiger partial charge in [0.25, 0.3) is 0 Å². The van der Waals surface area contributed by atoms with E-state index >= 15 is 0 Å². The van der Waals surface area contributed by atoms with E-state index in [-0.39, 0.29) is 25.7 Å². The van der Waals surface area contributed by atoms with E-state index < -0.39 is 37.0 Å². The smallest absolute Gasteiger partial charge is 0.373 e. The Morgan fingerprint density at radius 3 is 2.22 bits per heavy atom. The lowest BCUT2D eigenvalue weighted by Gasteiger charge is -2.34. The van der Waals surface area contributed by atoms with E-state index in [9.17, 15) is 30.7 Å². The van der Waals surface area contributed by atoms with Gasteiger partial charge < -0.3 is 18.9 Å². The Morgan fingerprint density at radius 1 is 1.00 bits per heavy atom. The zero-order valence-electron chi connectivity index (χ0n) is 17.8. The first-order chi connectivity index (χ1) is 15.0. The Balaban J connectivity index is 1.76. The second-order valence-corrected chi connectivity index (χ2v) is 7.79. The Labute approximate surface area is 182 Å². The molecule has 1 heterocycles. The maximum atomic E-state index is 13.6. The van der Waals surface area contributed by atoms with Gasteiger partial charge in [-0.1, -0.05) is 50.8 Å². The van der Waals surface area contributed by atoms with Crippen molar-refractivity contribution in [3.8, 4) is 0 Å². The third kappa shape index (κ3) is 6.91. The molecule has 2 aliphatic rings. The van der Waals surface area contributed by atoms with Crippen molar-refractivity contribution in [3.05, 3.63) is 23.8 Å². The molecule has 4 nitrogen and oxygen atoms in total. The summed E-state index contributed by atoms with van der Waals surface area (Å²) >= 11 is 0. The topological polar surface area (TPSA) is 36.9 Å². The van der Waals surface area contributed by atoms with Crippen LogP contribution in [-0.2, 0) is 18.9 Å². The van der Waals surface area contributed by atoms with Crippen molar-refractivity contribution in [3.63, 3.8) is 0 Å². The molecule has 0 spiro atoms. The van der Waals surface area contributed by atoms with E-state index in [1.807, 2.05) is 0 Å². The summed E-state index contributed by atoms with van der Waals surface area (Å²) in [6.45, 7) is 0.301. The maximum absolute atomic E-state index is 13.6. The van der Waals surface area contributed by atoms with E-state index in [0.29, 0.717) is 12.2 Å². The van der Waals surface area contributed by atoms with E-state index in [4.69, 9.17) is 14.2 Å². The van der Waals surface area contributed by atoms with Crippen LogP contribution >= 0.6 is 0 Å². The summed E-state index contributed by atoms with van der Waals surface area (Å²) in [5, 5.41) is 0. The van der Waals surface area contributed by atoms with Gasteiger partial charge in [-0.2, -0.15) is 26.3 Å². The molecule has 1 fully saturated rings. The van der Waals surface area contributed by atoms with Gasteiger partial charge in [-0.05, 0) is 12.8 Å². The summed E-state index contributed by atoms with van der Waals surface area (Å²) in [5.74, 6) is -11.6. The number of halogens is 7. The lowest BCUT2D eigenvalue weighted by molar-refractivity contribution is -0.405. The minimum atomic E-state index is -6.01. The van der Waals surface area contributed by atoms with Crippen LogP contribution in [0.4, 0.5) is 30.7 Å². The predicted molar refractivity (Wildman–Crippen MR) is 102 cm³/mol. The first-order valence-electron chi connectivity index (χ1n) is 10.6. The summed E-state index contributed by atoms with van der Waals surface area (Å²) in [4.78, 5) is 0. The minimum absolute atomic E-state index is 0.236. The van der Waals surface area contributed by atoms with E-state index in [1.54, 1.807) is 0 Å². The molecule has 0 saturated carbocycles. The second-order valence-electron chi connectivity index (χ2n) is 7.79. The normalized spacial score (nSPS) is 25.1. The number of alkyl halides is 7. The molecule has 186 valence electrons. The quantitative estimate of drug-likeness (QED) is 0.247. The third-order valence-electron chi connectivity index (χ3n) is 5.12. The first-order valence-corrected chi connectivity index (χ1v) is 10.6. The fourth-order valence-electron chi connectivity index (χ4n) is 3.17. The largest absolute Gasteiger partial charge is 0.426 e. The number of hydrogen-bond donors (Lipinski definition) is 0. The van der Waals surface area contributed by atoms with Crippen molar-refractivity contribution >= 4 is 0 Å². The van der Waals surface area contributed by atoms with Gasteiger partial charge >= 0.3 is 18.0 Å². The highest BCUT2D eigenvalue weighted by Crippen LogP contribution is 2.47. The van der Waals surface area contributed by atoms with Gasteiger partial charge in [-0.15, -0.1) is 0 Å². The Hall–Kier alpha value is -1.17. The van der Waals surface area contributed by atoms with Crippen LogP contribution < -0.4 is 0 Å². The molecular weight excluding hydrogens is 449 g/mol. The number of rotatable bonds is 13. The molecule has 0 bridgehead atoms. The molecule has 32 heavy (non-hydrogen) atoms. The van der Waals surface area contributed by atoms with Crippen LogP contribution in [0.2, 0.25) is 0 Å². The zero-order valence-corrected chi connectivity index (χ0v) is 17.8. The lowest BCUT2D eigenvalue weighted by Crippen LogP contribution is -2.57. The van der Waals surface area contributed by atoms with Crippen LogP contribution in [-0.4, -0.2) is 62.9 Å². The monoisotopic (exact) mass is 478 g/mol. The summed E-state index contributed by atoms with van der Waals surface area (Å²) < 4.78 is 113. The van der Waals surface area contributed by atoms with Crippen molar-refractivity contribution in [1.82, 2.24) is 0 Å². The van der Waals surface area contributed by atoms with Crippen LogP contribution in [0.25, 0.3) is 0 Å². The third-order valence-corrected chi connectivity index (χ3v) is 5.12. The minimum Gasteiger partial charge on any atom is -0.373 e. The van der Waals surface area contributed by atoms with E-state index in [0.717, 1.165) is 31.8 Å². The molecule has 1 atom stereocenters. The van der Waals surface area contributed by atoms with Gasteiger partial charge in [0, 0.05) is 12.2 Å². The van der Waals surface area contributed by atoms with Crippen molar-refractivity contribution in [2.75, 3.05) is 26.5 Å². The van der Waals surface area contributed by atoms with Crippen LogP contribution in [0.1, 0.15) is 45.4 Å². The highest BCUT2D eigenvalue weighted by atomic mass is 19.4. The summed E-state index contributed by atoms with van der Waals surface area (Å²) in [5.41, 5.74) is 0.451. The van der Waals surface area contributed by atoms with Gasteiger partial charge in [-0.3, -0.25) is 0 Å². The molecule has 0 aromatic heterocycles. The molecule has 0 aromatic carbocycles. The van der Waals surface area contributed by atoms with Crippen molar-refractivity contribution in [1.29, 1.82) is 0 Å². The van der Waals surface area contributed by atoms with Gasteiger partial charge in [0.15, 0.2) is 13.0 Å². The molecule has 1 saturated heterocycles. The molecule has 0 radical (unpaired) electrons. The number of unbranched alkanes of at least 4 members (excludes halogenated alkanes) is 4. The molecule has 0 aromatic rings. The Morgan fingerprint density at radius 2 is 1.66 bits per heavy atom. The summed E-state index contributed by atoms with van der Waals surface area (Å²) in [6.07, 6.45) is 0.673. The molecule has 11 heteroatoms. The number of hydrogen-bond acceptors (Lipinski definition) is 4. The van der Waals surface area contributed by atoms with Crippen molar-refractivity contribution in [2.45, 2.75) is 81.9 Å². The fourth-order valence-corrected chi connectivity index (χ4v) is 3.17. The Bertz CT molecular complexity index is 632. The summed E-state index contributed by atoms with van der Waals surface area (Å²) in [6, 6.07) is 0. The SMILES string of the molecule is CCCCCCCOC1COC(C2=CCC(OC(F)(F)C(F)(F)C(F)(F)CF)C=C2)OC1. The average Bonchev–Trinajstić information content (AvgIpc) is 2.76. The van der Waals surface area contributed by atoms with Crippen LogP contribution in [0, 0.1) is 0 Å². The first kappa shape index (κ1) is 27.1. The van der Waals surface area contributed by atoms with Gasteiger partial charge in [0.2, 0.25) is 0 Å². The highest BCUT2D eigenvalue weighted by Gasteiger charge is 2.73. The predicted octanol–water partition coefficient (Wildman–Crippen LogP) is 5.82.